The van der Waals surface area contributed by atoms with Crippen LogP contribution in [0.1, 0.15) is 30.1 Å². The molecule has 0 aliphatic carbocycles. The lowest BCUT2D eigenvalue weighted by Crippen LogP contribution is -2.40. The Morgan fingerprint density at radius 2 is 2.16 bits per heavy atom. The Bertz CT molecular complexity index is 476. The highest BCUT2D eigenvalue weighted by molar-refractivity contribution is 5.96. The van der Waals surface area contributed by atoms with Crippen LogP contribution in [0.15, 0.2) is 18.2 Å². The van der Waals surface area contributed by atoms with E-state index in [9.17, 15) is 14.0 Å². The summed E-state index contributed by atoms with van der Waals surface area (Å²) in [6.45, 7) is 1.80. The summed E-state index contributed by atoms with van der Waals surface area (Å²) in [5, 5.41) is 11.2. The van der Waals surface area contributed by atoms with Gasteiger partial charge in [0.1, 0.15) is 17.6 Å². The molecule has 0 saturated heterocycles. The van der Waals surface area contributed by atoms with E-state index < -0.39 is 23.7 Å². The average Bonchev–Trinajstić information content (AvgIpc) is 2.37. The number of aliphatic carboxylic acids is 1. The van der Waals surface area contributed by atoms with Gasteiger partial charge in [-0.3, -0.25) is 4.79 Å². The Labute approximate surface area is 110 Å². The number of nitrogens with one attached hydrogen (secondary N) is 1. The number of ether oxygens (including phenoxy) is 1. The first-order valence-electron chi connectivity index (χ1n) is 5.86. The van der Waals surface area contributed by atoms with Crippen molar-refractivity contribution in [2.24, 2.45) is 0 Å². The summed E-state index contributed by atoms with van der Waals surface area (Å²) in [7, 11) is 1.39. The summed E-state index contributed by atoms with van der Waals surface area (Å²) in [5.41, 5.74) is -0.205. The fourth-order valence-electron chi connectivity index (χ4n) is 1.59. The SMILES string of the molecule is CCC[C@@H](NC(=O)c1ccc(OC)cc1F)C(=O)O. The number of halogens is 1. The van der Waals surface area contributed by atoms with Gasteiger partial charge in [-0.25, -0.2) is 9.18 Å². The zero-order valence-electron chi connectivity index (χ0n) is 10.8. The van der Waals surface area contributed by atoms with Crippen LogP contribution >= 0.6 is 0 Å². The van der Waals surface area contributed by atoms with E-state index in [0.29, 0.717) is 12.8 Å². The molecule has 0 bridgehead atoms. The Hall–Kier alpha value is -2.11. The molecule has 19 heavy (non-hydrogen) atoms. The third kappa shape index (κ3) is 3.94. The number of hydrogen-bond donors (Lipinski definition) is 2. The highest BCUT2D eigenvalue weighted by atomic mass is 19.1. The third-order valence-corrected chi connectivity index (χ3v) is 2.60. The molecule has 0 radical (unpaired) electrons. The maximum Gasteiger partial charge on any atom is 0.326 e. The zero-order chi connectivity index (χ0) is 14.4. The first-order chi connectivity index (χ1) is 8.99. The lowest BCUT2D eigenvalue weighted by Gasteiger charge is -2.14. The number of carbonyl (C=O) groups excluding carboxylic acids is 1. The number of carboxylic acids is 1. The topological polar surface area (TPSA) is 75.6 Å². The summed E-state index contributed by atoms with van der Waals surface area (Å²) < 4.78 is 18.5. The minimum atomic E-state index is -1.14. The van der Waals surface area contributed by atoms with Crippen LogP contribution < -0.4 is 10.1 Å². The summed E-state index contributed by atoms with van der Waals surface area (Å²) in [4.78, 5) is 22.7. The molecule has 0 heterocycles. The standard InChI is InChI=1S/C13H16FNO4/c1-3-4-11(13(17)18)15-12(16)9-6-5-8(19-2)7-10(9)14/h5-7,11H,3-4H2,1-2H3,(H,15,16)(H,17,18)/t11-/m1/s1. The van der Waals surface area contributed by atoms with Crippen molar-refractivity contribution in [3.05, 3.63) is 29.6 Å². The Morgan fingerprint density at radius 3 is 2.63 bits per heavy atom. The molecule has 1 atom stereocenters. The molecule has 1 aromatic carbocycles. The normalized spacial score (nSPS) is 11.7. The summed E-state index contributed by atoms with van der Waals surface area (Å²) >= 11 is 0. The van der Waals surface area contributed by atoms with Crippen molar-refractivity contribution in [1.82, 2.24) is 5.32 Å². The highest BCUT2D eigenvalue weighted by Gasteiger charge is 2.21. The minimum Gasteiger partial charge on any atom is -0.497 e. The van der Waals surface area contributed by atoms with Gasteiger partial charge in [0.15, 0.2) is 0 Å². The van der Waals surface area contributed by atoms with Crippen LogP contribution in [0.2, 0.25) is 0 Å². The van der Waals surface area contributed by atoms with Crippen LogP contribution in [0.5, 0.6) is 5.75 Å². The Balaban J connectivity index is 2.85. The van der Waals surface area contributed by atoms with E-state index in [1.54, 1.807) is 6.92 Å². The van der Waals surface area contributed by atoms with Crippen molar-refractivity contribution in [1.29, 1.82) is 0 Å². The molecule has 104 valence electrons. The minimum absolute atomic E-state index is 0.205. The second-order valence-electron chi connectivity index (χ2n) is 4.00. The number of rotatable bonds is 6. The van der Waals surface area contributed by atoms with Crippen molar-refractivity contribution >= 4 is 11.9 Å². The van der Waals surface area contributed by atoms with E-state index >= 15 is 0 Å². The van der Waals surface area contributed by atoms with Gasteiger partial charge in [-0.15, -0.1) is 0 Å². The average molecular weight is 269 g/mol. The van der Waals surface area contributed by atoms with E-state index in [1.165, 1.54) is 19.2 Å². The van der Waals surface area contributed by atoms with E-state index in [0.717, 1.165) is 6.07 Å². The molecule has 5 nitrogen and oxygen atoms in total. The van der Waals surface area contributed by atoms with Gasteiger partial charge in [-0.1, -0.05) is 13.3 Å². The van der Waals surface area contributed by atoms with Gasteiger partial charge in [-0.2, -0.15) is 0 Å². The van der Waals surface area contributed by atoms with Crippen molar-refractivity contribution in [2.45, 2.75) is 25.8 Å². The number of carboxylic acid groups (broad SMARTS) is 1. The molecule has 0 aliphatic rings. The molecular weight excluding hydrogens is 253 g/mol. The fourth-order valence-corrected chi connectivity index (χ4v) is 1.59. The van der Waals surface area contributed by atoms with Gasteiger partial charge >= 0.3 is 5.97 Å². The monoisotopic (exact) mass is 269 g/mol. The van der Waals surface area contributed by atoms with Gasteiger partial charge in [0.2, 0.25) is 0 Å². The quantitative estimate of drug-likeness (QED) is 0.826. The third-order valence-electron chi connectivity index (χ3n) is 2.60. The number of methoxy groups -OCH3 is 1. The number of amides is 1. The molecular formula is C13H16FNO4. The van der Waals surface area contributed by atoms with Crippen LogP contribution in [-0.2, 0) is 4.79 Å². The second kappa shape index (κ2) is 6.72. The van der Waals surface area contributed by atoms with Crippen LogP contribution in [0.4, 0.5) is 4.39 Å². The molecule has 2 N–H and O–H groups in total. The molecule has 1 amide bonds. The van der Waals surface area contributed by atoms with Gasteiger partial charge in [0.25, 0.3) is 5.91 Å². The first kappa shape index (κ1) is 14.9. The molecule has 0 fully saturated rings. The number of hydrogen-bond acceptors (Lipinski definition) is 3. The Morgan fingerprint density at radius 1 is 1.47 bits per heavy atom. The largest absolute Gasteiger partial charge is 0.497 e. The van der Waals surface area contributed by atoms with Gasteiger partial charge in [0.05, 0.1) is 12.7 Å². The lowest BCUT2D eigenvalue weighted by atomic mass is 10.1. The van der Waals surface area contributed by atoms with Gasteiger partial charge < -0.3 is 15.2 Å². The highest BCUT2D eigenvalue weighted by Crippen LogP contribution is 2.16. The maximum absolute atomic E-state index is 13.6. The predicted octanol–water partition coefficient (Wildman–Crippen LogP) is 1.82. The molecule has 0 aliphatic heterocycles. The molecule has 0 aromatic heterocycles. The maximum atomic E-state index is 13.6. The van der Waals surface area contributed by atoms with Crippen LogP contribution in [0.3, 0.4) is 0 Å². The summed E-state index contributed by atoms with van der Waals surface area (Å²) in [6.07, 6.45) is 0.890. The van der Waals surface area contributed by atoms with Gasteiger partial charge in [0, 0.05) is 6.07 Å². The van der Waals surface area contributed by atoms with E-state index in [-0.39, 0.29) is 11.3 Å². The van der Waals surface area contributed by atoms with Crippen molar-refractivity contribution in [3.63, 3.8) is 0 Å². The number of benzene rings is 1. The van der Waals surface area contributed by atoms with Crippen LogP contribution in [0, 0.1) is 5.82 Å². The van der Waals surface area contributed by atoms with E-state index in [2.05, 4.69) is 5.32 Å². The van der Waals surface area contributed by atoms with E-state index in [1.807, 2.05) is 0 Å². The van der Waals surface area contributed by atoms with Crippen LogP contribution in [-0.4, -0.2) is 30.1 Å². The second-order valence-corrected chi connectivity index (χ2v) is 4.00. The van der Waals surface area contributed by atoms with Crippen molar-refractivity contribution in [2.75, 3.05) is 7.11 Å². The lowest BCUT2D eigenvalue weighted by molar-refractivity contribution is -0.139. The van der Waals surface area contributed by atoms with Gasteiger partial charge in [-0.05, 0) is 18.6 Å². The fraction of sp³-hybridized carbons (Fsp3) is 0.385. The smallest absolute Gasteiger partial charge is 0.326 e. The van der Waals surface area contributed by atoms with E-state index in [4.69, 9.17) is 9.84 Å². The molecule has 0 unspecified atom stereocenters. The first-order valence-corrected chi connectivity index (χ1v) is 5.86. The molecule has 0 saturated carbocycles. The van der Waals surface area contributed by atoms with Crippen LogP contribution in [0.25, 0.3) is 0 Å². The Kier molecular flexibility index (Phi) is 5.29. The zero-order valence-corrected chi connectivity index (χ0v) is 10.8. The molecule has 6 heteroatoms. The molecule has 1 aromatic rings. The molecule has 0 spiro atoms. The summed E-state index contributed by atoms with van der Waals surface area (Å²) in [6, 6.07) is 2.76. The predicted molar refractivity (Wildman–Crippen MR) is 66.8 cm³/mol. The van der Waals surface area contributed by atoms with Crippen molar-refractivity contribution in [3.8, 4) is 5.75 Å². The number of carbonyl (C=O) groups is 2. The van der Waals surface area contributed by atoms with Crippen molar-refractivity contribution < 1.29 is 23.8 Å². The molecule has 1 rings (SSSR count). The summed E-state index contributed by atoms with van der Waals surface area (Å²) in [5.74, 6) is -2.35.